The number of nitrogens with one attached hydrogen (secondary N) is 2. The number of carbonyl (C=O) groups is 2. The van der Waals surface area contributed by atoms with Crippen molar-refractivity contribution < 1.29 is 29.5 Å². The van der Waals surface area contributed by atoms with Gasteiger partial charge in [0.2, 0.25) is 5.91 Å². The fourth-order valence-corrected chi connectivity index (χ4v) is 5.28. The van der Waals surface area contributed by atoms with Crippen LogP contribution in [-0.4, -0.2) is 64.0 Å². The first kappa shape index (κ1) is 31.9. The van der Waals surface area contributed by atoms with Crippen LogP contribution in [0, 0.1) is 5.92 Å². The van der Waals surface area contributed by atoms with Gasteiger partial charge in [-0.05, 0) is 62.4 Å². The Kier molecular flexibility index (Phi) is 11.5. The zero-order chi connectivity index (χ0) is 30.1. The predicted octanol–water partition coefficient (Wildman–Crippen LogP) is 5.23. The fourth-order valence-electron chi connectivity index (χ4n) is 5.28. The number of aromatic nitrogens is 1. The molecule has 2 amide bonds. The molecule has 0 aliphatic heterocycles. The molecule has 224 valence electrons. The minimum atomic E-state index is -0.345. The quantitative estimate of drug-likeness (QED) is 0.118. The number of hydrogen-bond acceptors (Lipinski definition) is 8. The second kappa shape index (κ2) is 14.8. The monoisotopic (exact) mass is 568 g/mol. The summed E-state index contributed by atoms with van der Waals surface area (Å²) in [6.45, 7) is 9.96. The number of unbranched alkanes of at least 4 members (excludes halogenated alkanes) is 3. The van der Waals surface area contributed by atoms with E-state index in [1.165, 1.54) is 11.6 Å². The van der Waals surface area contributed by atoms with Crippen molar-refractivity contribution in [1.29, 1.82) is 0 Å². The molecule has 10 heteroatoms. The summed E-state index contributed by atoms with van der Waals surface area (Å²) in [6, 6.07) is 3.01. The zero-order valence-corrected chi connectivity index (χ0v) is 24.7. The molecule has 1 aromatic heterocycles. The van der Waals surface area contributed by atoms with Crippen molar-refractivity contribution >= 4 is 11.8 Å². The highest BCUT2D eigenvalue weighted by Gasteiger charge is 2.33. The number of benzene rings is 1. The number of likely N-dealkylation sites (N-methyl/N-ethyl adjacent to an activating group) is 1. The van der Waals surface area contributed by atoms with Gasteiger partial charge in [0, 0.05) is 37.1 Å². The number of amides is 2. The molecule has 0 radical (unpaired) electrons. The molecule has 0 saturated carbocycles. The van der Waals surface area contributed by atoms with Crippen LogP contribution in [0.3, 0.4) is 0 Å². The van der Waals surface area contributed by atoms with Gasteiger partial charge in [-0.2, -0.15) is 0 Å². The lowest BCUT2D eigenvalue weighted by atomic mass is 9.80. The number of nitrogens with zero attached hydrogens (tertiary/aromatic N) is 2. The van der Waals surface area contributed by atoms with Crippen LogP contribution in [0.25, 0.3) is 11.3 Å². The molecule has 5 N–H and O–H groups in total. The van der Waals surface area contributed by atoms with Crippen LogP contribution < -0.4 is 10.8 Å². The summed E-state index contributed by atoms with van der Waals surface area (Å²) >= 11 is 0. The number of allylic oxidation sites excluding steroid dienone is 2. The number of phenols is 2. The Labute approximate surface area is 242 Å². The zero-order valence-electron chi connectivity index (χ0n) is 24.7. The largest absolute Gasteiger partial charge is 0.508 e. The highest BCUT2D eigenvalue weighted by Crippen LogP contribution is 2.44. The average molecular weight is 569 g/mol. The molecule has 0 saturated heterocycles. The van der Waals surface area contributed by atoms with E-state index in [0.717, 1.165) is 38.8 Å². The number of rotatable bonds is 14. The maximum absolute atomic E-state index is 13.0. The first-order chi connectivity index (χ1) is 19.6. The Morgan fingerprint density at radius 2 is 1.85 bits per heavy atom. The Morgan fingerprint density at radius 1 is 1.12 bits per heavy atom. The molecule has 0 fully saturated rings. The molecule has 10 nitrogen and oxygen atoms in total. The lowest BCUT2D eigenvalue weighted by Gasteiger charge is -2.26. The van der Waals surface area contributed by atoms with E-state index in [1.807, 2.05) is 20.8 Å². The smallest absolute Gasteiger partial charge is 0.273 e. The summed E-state index contributed by atoms with van der Waals surface area (Å²) in [5.41, 5.74) is 4.67. The molecular formula is C31H44N4O6. The van der Waals surface area contributed by atoms with Gasteiger partial charge in [-0.25, -0.2) is 5.48 Å². The normalized spacial score (nSPS) is 16.7. The number of hydroxylamine groups is 1. The van der Waals surface area contributed by atoms with Crippen LogP contribution >= 0.6 is 0 Å². The number of carbonyl (C=O) groups excluding carboxylic acids is 2. The molecule has 1 heterocycles. The van der Waals surface area contributed by atoms with Crippen molar-refractivity contribution in [3.8, 4) is 22.8 Å². The van der Waals surface area contributed by atoms with Crippen molar-refractivity contribution in [1.82, 2.24) is 20.9 Å². The summed E-state index contributed by atoms with van der Waals surface area (Å²) in [6.07, 6.45) is 10.4. The van der Waals surface area contributed by atoms with E-state index in [4.69, 9.17) is 9.73 Å². The molecule has 2 atom stereocenters. The minimum Gasteiger partial charge on any atom is -0.508 e. The van der Waals surface area contributed by atoms with Crippen molar-refractivity contribution in [3.63, 3.8) is 0 Å². The SMILES string of the molecule is CCNC(=O)c1noc(-c2cc(C(C)C)c(O)cc2O)c1C1C=CC(CN(C)CCCCCCC(=O)NO)=CC1C. The third kappa shape index (κ3) is 8.20. The van der Waals surface area contributed by atoms with Crippen LogP contribution in [-0.2, 0) is 4.79 Å². The van der Waals surface area contributed by atoms with Crippen LogP contribution in [0.2, 0.25) is 0 Å². The standard InChI is InChI=1S/C31H44N4O6/c1-6-32-31(39)29-28(30(41-34-29)24-16-23(19(2)3)25(36)17-26(24)37)22-13-12-21(15-20(22)4)18-35(5)14-10-8-7-9-11-27(38)33-40/h12-13,15-17,19-20,22,36-37,40H,6-11,14,18H2,1-5H3,(H,32,39)(H,33,38). The fraction of sp³-hybridized carbons (Fsp3) is 0.516. The third-order valence-electron chi connectivity index (χ3n) is 7.46. The summed E-state index contributed by atoms with van der Waals surface area (Å²) < 4.78 is 5.74. The average Bonchev–Trinajstić information content (AvgIpc) is 3.35. The summed E-state index contributed by atoms with van der Waals surface area (Å²) in [5, 5.41) is 36.7. The van der Waals surface area contributed by atoms with Gasteiger partial charge >= 0.3 is 0 Å². The van der Waals surface area contributed by atoms with Crippen molar-refractivity contribution in [3.05, 3.63) is 52.8 Å². The third-order valence-corrected chi connectivity index (χ3v) is 7.46. The molecule has 1 aliphatic carbocycles. The van der Waals surface area contributed by atoms with Gasteiger partial charge in [-0.15, -0.1) is 0 Å². The van der Waals surface area contributed by atoms with Gasteiger partial charge in [-0.1, -0.05) is 57.0 Å². The molecular weight excluding hydrogens is 524 g/mol. The number of aromatic hydroxyl groups is 2. The number of phenolic OH excluding ortho intramolecular Hbond substituents is 2. The Balaban J connectivity index is 1.78. The van der Waals surface area contributed by atoms with Crippen molar-refractivity contribution in [2.45, 2.75) is 71.6 Å². The van der Waals surface area contributed by atoms with E-state index >= 15 is 0 Å². The molecule has 2 aromatic rings. The van der Waals surface area contributed by atoms with Crippen LogP contribution in [0.15, 0.2) is 40.5 Å². The van der Waals surface area contributed by atoms with Crippen LogP contribution in [0.4, 0.5) is 0 Å². The van der Waals surface area contributed by atoms with Gasteiger partial charge in [0.15, 0.2) is 11.5 Å². The van der Waals surface area contributed by atoms with Gasteiger partial charge < -0.3 is 25.0 Å². The Bertz CT molecular complexity index is 1270. The second-order valence-electron chi connectivity index (χ2n) is 11.1. The maximum atomic E-state index is 13.0. The topological polar surface area (TPSA) is 148 Å². The van der Waals surface area contributed by atoms with Crippen LogP contribution in [0.1, 0.15) is 93.3 Å². The van der Waals surface area contributed by atoms with Gasteiger partial charge in [-0.3, -0.25) is 14.8 Å². The van der Waals surface area contributed by atoms with Gasteiger partial charge in [0.05, 0.1) is 5.56 Å². The summed E-state index contributed by atoms with van der Waals surface area (Å²) in [4.78, 5) is 26.4. The first-order valence-corrected chi connectivity index (χ1v) is 14.4. The summed E-state index contributed by atoms with van der Waals surface area (Å²) in [5.74, 6) is -0.693. The van der Waals surface area contributed by atoms with Gasteiger partial charge in [0.1, 0.15) is 11.5 Å². The number of hydrogen-bond donors (Lipinski definition) is 5. The van der Waals surface area contributed by atoms with E-state index in [0.29, 0.717) is 35.4 Å². The van der Waals surface area contributed by atoms with E-state index in [2.05, 4.69) is 47.6 Å². The molecule has 1 aliphatic rings. The Morgan fingerprint density at radius 3 is 2.51 bits per heavy atom. The van der Waals surface area contributed by atoms with Crippen molar-refractivity contribution in [2.75, 3.05) is 26.7 Å². The van der Waals surface area contributed by atoms with Gasteiger partial charge in [0.25, 0.3) is 5.91 Å². The molecule has 0 spiro atoms. The van der Waals surface area contributed by atoms with E-state index < -0.39 is 0 Å². The lowest BCUT2D eigenvalue weighted by Crippen LogP contribution is -2.26. The molecule has 2 unspecified atom stereocenters. The molecule has 41 heavy (non-hydrogen) atoms. The second-order valence-corrected chi connectivity index (χ2v) is 11.1. The molecule has 1 aromatic carbocycles. The maximum Gasteiger partial charge on any atom is 0.273 e. The van der Waals surface area contributed by atoms with Crippen molar-refractivity contribution in [2.24, 2.45) is 5.92 Å². The molecule has 0 bridgehead atoms. The van der Waals surface area contributed by atoms with Crippen LogP contribution in [0.5, 0.6) is 11.5 Å². The minimum absolute atomic E-state index is 0.00277. The first-order valence-electron chi connectivity index (χ1n) is 14.4. The molecule has 3 rings (SSSR count). The highest BCUT2D eigenvalue weighted by atomic mass is 16.5. The highest BCUT2D eigenvalue weighted by molar-refractivity contribution is 5.96. The summed E-state index contributed by atoms with van der Waals surface area (Å²) in [7, 11) is 2.08. The van der Waals surface area contributed by atoms with E-state index in [9.17, 15) is 19.8 Å². The lowest BCUT2D eigenvalue weighted by molar-refractivity contribution is -0.129. The van der Waals surface area contributed by atoms with E-state index in [1.54, 1.807) is 11.5 Å². The predicted molar refractivity (Wildman–Crippen MR) is 157 cm³/mol. The van der Waals surface area contributed by atoms with E-state index in [-0.39, 0.29) is 46.8 Å². The Hall–Kier alpha value is -3.63.